The fraction of sp³-hybridized carbons (Fsp3) is 0.235. The largest absolute Gasteiger partial charge is 0.507 e. The Labute approximate surface area is 159 Å². The molecule has 1 unspecified atom stereocenters. The van der Waals surface area contributed by atoms with Gasteiger partial charge in [-0.3, -0.25) is 0 Å². The average Bonchev–Trinajstić information content (AvgIpc) is 2.55. The van der Waals surface area contributed by atoms with Gasteiger partial charge in [-0.1, -0.05) is 29.8 Å². The molecule has 2 aromatic carbocycles. The van der Waals surface area contributed by atoms with Gasteiger partial charge in [0.2, 0.25) is 0 Å². The van der Waals surface area contributed by atoms with Gasteiger partial charge in [-0.25, -0.2) is 13.2 Å². The average molecular weight is 418 g/mol. The van der Waals surface area contributed by atoms with Crippen molar-refractivity contribution in [2.75, 3.05) is 6.61 Å². The first-order valence-electron chi connectivity index (χ1n) is 7.13. The summed E-state index contributed by atoms with van der Waals surface area (Å²) in [4.78, 5) is 10.5. The van der Waals surface area contributed by atoms with Crippen LogP contribution >= 0.6 is 0 Å². The van der Waals surface area contributed by atoms with Crippen molar-refractivity contribution in [1.82, 2.24) is 0 Å². The zero-order valence-electron chi connectivity index (χ0n) is 14.1. The van der Waals surface area contributed by atoms with Crippen LogP contribution in [0.2, 0.25) is 0 Å². The molecule has 0 fully saturated rings. The molecule has 0 radical (unpaired) electrons. The number of rotatable bonds is 4. The number of para-hydroxylation sites is 1. The molecule has 0 spiro atoms. The number of aliphatic hydroxyl groups excluding tert-OH is 1. The Balaban J connectivity index is 0.000000465. The predicted octanol–water partition coefficient (Wildman–Crippen LogP) is 2.24. The molecule has 6 nitrogen and oxygen atoms in total. The van der Waals surface area contributed by atoms with E-state index in [0.29, 0.717) is 0 Å². The van der Waals surface area contributed by atoms with Gasteiger partial charge < -0.3 is 15.3 Å². The summed E-state index contributed by atoms with van der Waals surface area (Å²) in [6, 6.07) is 12.4. The predicted molar refractivity (Wildman–Crippen MR) is 90.0 cm³/mol. The van der Waals surface area contributed by atoms with Crippen molar-refractivity contribution < 1.29 is 48.0 Å². The van der Waals surface area contributed by atoms with E-state index in [-0.39, 0.29) is 42.3 Å². The van der Waals surface area contributed by atoms with E-state index in [1.807, 2.05) is 6.92 Å². The van der Waals surface area contributed by atoms with Crippen LogP contribution in [0.25, 0.3) is 0 Å². The van der Waals surface area contributed by atoms with Gasteiger partial charge >= 0.3 is 5.97 Å². The van der Waals surface area contributed by atoms with Crippen LogP contribution in [0, 0.1) is 6.92 Å². The van der Waals surface area contributed by atoms with Gasteiger partial charge in [0.25, 0.3) is 0 Å². The number of hydrogen-bond donors (Lipinski definition) is 3. The molecule has 25 heavy (non-hydrogen) atoms. The molecule has 0 amide bonds. The molecule has 3 N–H and O–H groups in total. The van der Waals surface area contributed by atoms with Crippen molar-refractivity contribution in [3.63, 3.8) is 0 Å². The van der Waals surface area contributed by atoms with E-state index in [1.54, 1.807) is 36.4 Å². The molecule has 0 aliphatic rings. The number of phenols is 1. The van der Waals surface area contributed by atoms with Gasteiger partial charge in [-0.2, -0.15) is 0 Å². The molecule has 0 aliphatic heterocycles. The number of benzene rings is 2. The van der Waals surface area contributed by atoms with Gasteiger partial charge in [0.1, 0.15) is 11.3 Å². The summed E-state index contributed by atoms with van der Waals surface area (Å²) in [6.07, 6.45) is 0. The van der Waals surface area contributed by atoms with Crippen molar-refractivity contribution in [2.45, 2.75) is 24.0 Å². The first kappa shape index (κ1) is 23.2. The Bertz CT molecular complexity index is 787. The molecule has 1 atom stereocenters. The van der Waals surface area contributed by atoms with Crippen LogP contribution in [0.1, 0.15) is 22.8 Å². The van der Waals surface area contributed by atoms with E-state index in [0.717, 1.165) is 5.56 Å². The third-order valence-corrected chi connectivity index (χ3v) is 5.41. The quantitative estimate of drug-likeness (QED) is 0.658. The van der Waals surface area contributed by atoms with Crippen LogP contribution in [-0.4, -0.2) is 41.6 Å². The van der Waals surface area contributed by atoms with Gasteiger partial charge in [-0.05, 0) is 38.1 Å². The molecular weight excluding hydrogens is 398 g/mol. The Morgan fingerprint density at radius 3 is 2.00 bits per heavy atom. The minimum atomic E-state index is -3.36. The van der Waals surface area contributed by atoms with Crippen LogP contribution in [0.15, 0.2) is 53.4 Å². The van der Waals surface area contributed by atoms with E-state index in [4.69, 9.17) is 15.3 Å². The summed E-state index contributed by atoms with van der Waals surface area (Å²) in [5.74, 6) is -1.31. The van der Waals surface area contributed by atoms with Crippen LogP contribution in [-0.2, 0) is 29.3 Å². The first-order chi connectivity index (χ1) is 11.2. The zero-order chi connectivity index (χ0) is 18.3. The van der Waals surface area contributed by atoms with Crippen LogP contribution in [0.5, 0.6) is 5.75 Å². The standard InChI is InChI=1S/C10H14O3S.C7H6O3.Zn/c1-8-3-5-10(6-4-8)14(12,13)9(2)7-11;8-6-4-2-1-3-5(6)7(9)10;/h3-6,9,11H,7H2,1-2H3;1-4,8H,(H,9,10);. The molecule has 0 heterocycles. The maximum atomic E-state index is 11.7. The third kappa shape index (κ3) is 6.57. The SMILES string of the molecule is Cc1ccc(S(=O)(=O)C(C)CO)cc1.O=C(O)c1ccccc1O.[Zn]. The van der Waals surface area contributed by atoms with E-state index < -0.39 is 21.1 Å². The molecule has 8 heteroatoms. The van der Waals surface area contributed by atoms with E-state index >= 15 is 0 Å². The third-order valence-electron chi connectivity index (χ3n) is 3.27. The van der Waals surface area contributed by atoms with E-state index in [1.165, 1.54) is 19.1 Å². The van der Waals surface area contributed by atoms with Gasteiger partial charge in [0.15, 0.2) is 9.84 Å². The van der Waals surface area contributed by atoms with Crippen LogP contribution in [0.4, 0.5) is 0 Å². The molecule has 0 bridgehead atoms. The van der Waals surface area contributed by atoms with E-state index in [9.17, 15) is 13.2 Å². The smallest absolute Gasteiger partial charge is 0.339 e. The first-order valence-corrected chi connectivity index (χ1v) is 8.67. The number of carboxylic acids is 1. The van der Waals surface area contributed by atoms with Gasteiger partial charge in [-0.15, -0.1) is 0 Å². The molecule has 0 saturated carbocycles. The fourth-order valence-corrected chi connectivity index (χ4v) is 2.89. The van der Waals surface area contributed by atoms with Crippen LogP contribution in [0.3, 0.4) is 0 Å². The van der Waals surface area contributed by atoms with Crippen LogP contribution < -0.4 is 0 Å². The van der Waals surface area contributed by atoms with Crippen molar-refractivity contribution in [3.8, 4) is 5.75 Å². The number of hydrogen-bond acceptors (Lipinski definition) is 5. The maximum absolute atomic E-state index is 11.7. The van der Waals surface area contributed by atoms with Crippen molar-refractivity contribution in [3.05, 3.63) is 59.7 Å². The summed E-state index contributed by atoms with van der Waals surface area (Å²) in [5, 5.41) is 25.4. The zero-order valence-corrected chi connectivity index (χ0v) is 17.9. The monoisotopic (exact) mass is 416 g/mol. The minimum Gasteiger partial charge on any atom is -0.507 e. The molecule has 0 saturated heterocycles. The molecule has 132 valence electrons. The second-order valence-corrected chi connectivity index (χ2v) is 7.54. The number of carboxylic acid groups (broad SMARTS) is 1. The molecule has 2 rings (SSSR count). The van der Waals surface area contributed by atoms with E-state index in [2.05, 4.69) is 0 Å². The summed E-state index contributed by atoms with van der Waals surface area (Å²) in [5.41, 5.74) is 0.947. The Morgan fingerprint density at radius 2 is 1.60 bits per heavy atom. The summed E-state index contributed by atoms with van der Waals surface area (Å²) in [6.45, 7) is 3.04. The summed E-state index contributed by atoms with van der Waals surface area (Å²) < 4.78 is 23.4. The number of carbonyl (C=O) groups is 1. The molecular formula is C17H20O6SZn. The maximum Gasteiger partial charge on any atom is 0.339 e. The van der Waals surface area contributed by atoms with Crippen molar-refractivity contribution in [2.24, 2.45) is 0 Å². The summed E-state index contributed by atoms with van der Waals surface area (Å²) in [7, 11) is -3.36. The molecule has 2 aromatic rings. The number of sulfone groups is 1. The molecule has 0 aromatic heterocycles. The summed E-state index contributed by atoms with van der Waals surface area (Å²) >= 11 is 0. The second-order valence-electron chi connectivity index (χ2n) is 5.17. The topological polar surface area (TPSA) is 112 Å². The Hall–Kier alpha value is -1.76. The number of aromatic hydroxyl groups is 1. The number of aryl methyl sites for hydroxylation is 1. The minimum absolute atomic E-state index is 0. The number of aliphatic hydroxyl groups is 1. The normalized spacial score (nSPS) is 11.5. The number of aromatic carboxylic acids is 1. The van der Waals surface area contributed by atoms with Crippen molar-refractivity contribution in [1.29, 1.82) is 0 Å². The Morgan fingerprint density at radius 1 is 1.08 bits per heavy atom. The fourth-order valence-electron chi connectivity index (χ4n) is 1.71. The Kier molecular flexibility index (Phi) is 9.56. The van der Waals surface area contributed by atoms with Gasteiger partial charge in [0, 0.05) is 19.5 Å². The van der Waals surface area contributed by atoms with Crippen molar-refractivity contribution >= 4 is 15.8 Å². The second kappa shape index (κ2) is 10.3. The molecule has 0 aliphatic carbocycles. The van der Waals surface area contributed by atoms with Gasteiger partial charge in [0.05, 0.1) is 16.8 Å².